The quantitative estimate of drug-likeness (QED) is 0.521. The lowest BCUT2D eigenvalue weighted by Crippen LogP contribution is -2.32. The van der Waals surface area contributed by atoms with E-state index in [-0.39, 0.29) is 42.3 Å². The van der Waals surface area contributed by atoms with Crippen LogP contribution in [0.1, 0.15) is 57.9 Å². The van der Waals surface area contributed by atoms with Crippen LogP contribution in [0.15, 0.2) is 60.7 Å². The van der Waals surface area contributed by atoms with Crippen molar-refractivity contribution in [2.75, 3.05) is 13.1 Å². The van der Waals surface area contributed by atoms with E-state index in [0.717, 1.165) is 11.1 Å². The Morgan fingerprint density at radius 3 is 2.57 bits per heavy atom. The average molecular weight is 478 g/mol. The highest BCUT2D eigenvalue weighted by Gasteiger charge is 2.26. The van der Waals surface area contributed by atoms with E-state index >= 15 is 0 Å². The van der Waals surface area contributed by atoms with Gasteiger partial charge in [0.15, 0.2) is 5.69 Å². The van der Waals surface area contributed by atoms with Crippen LogP contribution >= 0.6 is 0 Å². The number of hydrogen-bond acceptors (Lipinski definition) is 4. The van der Waals surface area contributed by atoms with Gasteiger partial charge in [0, 0.05) is 38.7 Å². The maximum atomic E-state index is 13.2. The minimum absolute atomic E-state index is 0.126. The van der Waals surface area contributed by atoms with Crippen molar-refractivity contribution in [3.8, 4) is 0 Å². The van der Waals surface area contributed by atoms with E-state index in [9.17, 15) is 18.8 Å². The zero-order valence-electron chi connectivity index (χ0n) is 19.5. The second kappa shape index (κ2) is 10.9. The molecule has 0 spiro atoms. The normalized spacial score (nSPS) is 14.1. The second-order valence-electron chi connectivity index (χ2n) is 8.55. The highest BCUT2D eigenvalue weighted by atomic mass is 19.1. The molecule has 0 radical (unpaired) electrons. The number of rotatable bonds is 8. The first kappa shape index (κ1) is 24.1. The smallest absolute Gasteiger partial charge is 0.272 e. The summed E-state index contributed by atoms with van der Waals surface area (Å²) >= 11 is 0. The number of fused-ring (bicyclic) bond motifs is 1. The Labute approximate surface area is 203 Å². The van der Waals surface area contributed by atoms with Crippen LogP contribution in [0.4, 0.5) is 4.39 Å². The van der Waals surface area contributed by atoms with Crippen LogP contribution < -0.4 is 10.6 Å². The van der Waals surface area contributed by atoms with E-state index in [1.54, 1.807) is 21.7 Å². The number of benzene rings is 2. The van der Waals surface area contributed by atoms with E-state index in [1.165, 1.54) is 18.2 Å². The van der Waals surface area contributed by atoms with Gasteiger partial charge < -0.3 is 15.5 Å². The molecule has 1 aliphatic heterocycles. The standard InChI is InChI=1S/C26H28FN5O3/c1-18(20-6-3-2-4-7-20)29-24(33)12-13-28-25(34)22-16-23-26(35)31(14-5-15-32(23)30-22)17-19-8-10-21(27)11-9-19/h2-4,6-11,16,18H,5,12-15,17H2,1H3,(H,28,34)(H,29,33). The number of nitrogens with one attached hydrogen (secondary N) is 2. The molecule has 4 rings (SSSR count). The fraction of sp³-hybridized carbons (Fsp3) is 0.308. The maximum Gasteiger partial charge on any atom is 0.272 e. The summed E-state index contributed by atoms with van der Waals surface area (Å²) in [5.74, 6) is -1.17. The van der Waals surface area contributed by atoms with Gasteiger partial charge in [-0.3, -0.25) is 19.1 Å². The van der Waals surface area contributed by atoms with Crippen LogP contribution in [-0.2, 0) is 17.9 Å². The summed E-state index contributed by atoms with van der Waals surface area (Å²) in [6.07, 6.45) is 0.809. The molecule has 3 aromatic rings. The van der Waals surface area contributed by atoms with Gasteiger partial charge >= 0.3 is 0 Å². The van der Waals surface area contributed by atoms with Crippen molar-refractivity contribution in [1.29, 1.82) is 0 Å². The molecular formula is C26H28FN5O3. The van der Waals surface area contributed by atoms with Crippen molar-refractivity contribution in [2.45, 2.75) is 38.9 Å². The number of carbonyl (C=O) groups excluding carboxylic acids is 3. The molecule has 1 unspecified atom stereocenters. The van der Waals surface area contributed by atoms with Crippen LogP contribution in [0, 0.1) is 5.82 Å². The zero-order chi connectivity index (χ0) is 24.8. The fourth-order valence-corrected chi connectivity index (χ4v) is 4.03. The number of amides is 3. The lowest BCUT2D eigenvalue weighted by Gasteiger charge is -2.20. The maximum absolute atomic E-state index is 13.2. The summed E-state index contributed by atoms with van der Waals surface area (Å²) in [6, 6.07) is 17.0. The number of hydrogen-bond donors (Lipinski definition) is 2. The van der Waals surface area contributed by atoms with Crippen LogP contribution in [-0.4, -0.2) is 45.5 Å². The number of nitrogens with zero attached hydrogens (tertiary/aromatic N) is 3. The summed E-state index contributed by atoms with van der Waals surface area (Å²) in [7, 11) is 0. The molecule has 0 fully saturated rings. The van der Waals surface area contributed by atoms with Gasteiger partial charge in [-0.2, -0.15) is 5.10 Å². The van der Waals surface area contributed by atoms with Crippen LogP contribution in [0.3, 0.4) is 0 Å². The summed E-state index contributed by atoms with van der Waals surface area (Å²) in [6.45, 7) is 3.45. The van der Waals surface area contributed by atoms with Crippen molar-refractivity contribution in [1.82, 2.24) is 25.3 Å². The lowest BCUT2D eigenvalue weighted by atomic mass is 10.1. The highest BCUT2D eigenvalue weighted by molar-refractivity contribution is 5.98. The van der Waals surface area contributed by atoms with Crippen molar-refractivity contribution < 1.29 is 18.8 Å². The van der Waals surface area contributed by atoms with Gasteiger partial charge in [-0.15, -0.1) is 0 Å². The highest BCUT2D eigenvalue weighted by Crippen LogP contribution is 2.17. The average Bonchev–Trinajstić information content (AvgIpc) is 3.23. The first-order valence-corrected chi connectivity index (χ1v) is 11.6. The van der Waals surface area contributed by atoms with Crippen LogP contribution in [0.25, 0.3) is 0 Å². The predicted octanol–water partition coefficient (Wildman–Crippen LogP) is 3.07. The zero-order valence-corrected chi connectivity index (χ0v) is 19.5. The van der Waals surface area contributed by atoms with Gasteiger partial charge in [-0.25, -0.2) is 4.39 Å². The molecule has 0 saturated heterocycles. The van der Waals surface area contributed by atoms with Crippen molar-refractivity contribution in [2.24, 2.45) is 0 Å². The molecule has 0 aliphatic carbocycles. The molecular weight excluding hydrogens is 449 g/mol. The third kappa shape index (κ3) is 6.11. The van der Waals surface area contributed by atoms with E-state index in [0.29, 0.717) is 31.7 Å². The molecule has 1 atom stereocenters. The fourth-order valence-electron chi connectivity index (χ4n) is 4.03. The van der Waals surface area contributed by atoms with Crippen molar-refractivity contribution in [3.05, 3.63) is 89.0 Å². The summed E-state index contributed by atoms with van der Waals surface area (Å²) in [5.41, 5.74) is 2.30. The monoisotopic (exact) mass is 477 g/mol. The van der Waals surface area contributed by atoms with Crippen LogP contribution in [0.2, 0.25) is 0 Å². The molecule has 35 heavy (non-hydrogen) atoms. The van der Waals surface area contributed by atoms with E-state index in [4.69, 9.17) is 0 Å². The Morgan fingerprint density at radius 1 is 1.09 bits per heavy atom. The molecule has 1 aliphatic rings. The lowest BCUT2D eigenvalue weighted by molar-refractivity contribution is -0.121. The topological polar surface area (TPSA) is 96.3 Å². The molecule has 182 valence electrons. The first-order valence-electron chi connectivity index (χ1n) is 11.6. The Kier molecular flexibility index (Phi) is 7.54. The van der Waals surface area contributed by atoms with E-state index < -0.39 is 5.91 Å². The van der Waals surface area contributed by atoms with Gasteiger partial charge in [0.2, 0.25) is 5.91 Å². The first-order chi connectivity index (χ1) is 16.9. The molecule has 1 aromatic heterocycles. The number of carbonyl (C=O) groups is 3. The third-order valence-electron chi connectivity index (χ3n) is 5.92. The molecule has 8 nitrogen and oxygen atoms in total. The second-order valence-corrected chi connectivity index (χ2v) is 8.55. The molecule has 3 amide bonds. The third-order valence-corrected chi connectivity index (χ3v) is 5.92. The van der Waals surface area contributed by atoms with Crippen LogP contribution in [0.5, 0.6) is 0 Å². The SMILES string of the molecule is CC(NC(=O)CCNC(=O)c1cc2n(n1)CCCN(Cc1ccc(F)cc1)C2=O)c1ccccc1. The van der Waals surface area contributed by atoms with E-state index in [1.807, 2.05) is 37.3 Å². The van der Waals surface area contributed by atoms with Gasteiger partial charge in [-0.1, -0.05) is 42.5 Å². The molecule has 2 N–H and O–H groups in total. The number of aryl methyl sites for hydroxylation is 1. The van der Waals surface area contributed by atoms with E-state index in [2.05, 4.69) is 15.7 Å². The van der Waals surface area contributed by atoms with Gasteiger partial charge in [-0.05, 0) is 36.6 Å². The Hall–Kier alpha value is -4.01. The number of halogens is 1. The largest absolute Gasteiger partial charge is 0.350 e. The molecule has 9 heteroatoms. The van der Waals surface area contributed by atoms with Gasteiger partial charge in [0.25, 0.3) is 11.8 Å². The summed E-state index contributed by atoms with van der Waals surface area (Å²) in [4.78, 5) is 39.6. The minimum atomic E-state index is -0.438. The van der Waals surface area contributed by atoms with Gasteiger partial charge in [0.05, 0.1) is 6.04 Å². The molecule has 0 saturated carbocycles. The minimum Gasteiger partial charge on any atom is -0.350 e. The van der Waals surface area contributed by atoms with Crippen molar-refractivity contribution in [3.63, 3.8) is 0 Å². The Balaban J connectivity index is 1.31. The van der Waals surface area contributed by atoms with Gasteiger partial charge in [0.1, 0.15) is 11.5 Å². The summed E-state index contributed by atoms with van der Waals surface area (Å²) < 4.78 is 14.7. The molecule has 2 aromatic carbocycles. The molecule has 2 heterocycles. The predicted molar refractivity (Wildman–Crippen MR) is 128 cm³/mol. The Bertz CT molecular complexity index is 1190. The number of aromatic nitrogens is 2. The molecule has 0 bridgehead atoms. The Morgan fingerprint density at radius 2 is 1.83 bits per heavy atom. The van der Waals surface area contributed by atoms with Crippen molar-refractivity contribution >= 4 is 17.7 Å². The summed E-state index contributed by atoms with van der Waals surface area (Å²) in [5, 5.41) is 9.92.